The second-order valence-corrected chi connectivity index (χ2v) is 8.28. The van der Waals surface area contributed by atoms with Crippen molar-refractivity contribution >= 4 is 29.4 Å². The van der Waals surface area contributed by atoms with Crippen LogP contribution in [-0.4, -0.2) is 38.7 Å². The molecule has 2 aromatic carbocycles. The van der Waals surface area contributed by atoms with Crippen LogP contribution in [0.3, 0.4) is 0 Å². The largest absolute Gasteiger partial charge is 0.355 e. The van der Waals surface area contributed by atoms with E-state index in [2.05, 4.69) is 58.2 Å². The van der Waals surface area contributed by atoms with Crippen molar-refractivity contribution < 1.29 is 4.79 Å². The van der Waals surface area contributed by atoms with Crippen LogP contribution >= 0.6 is 23.5 Å². The molecule has 0 fully saturated rings. The van der Waals surface area contributed by atoms with Crippen molar-refractivity contribution in [3.05, 3.63) is 60.2 Å². The van der Waals surface area contributed by atoms with Crippen LogP contribution in [0.25, 0.3) is 11.4 Å². The average molecular weight is 413 g/mol. The van der Waals surface area contributed by atoms with Crippen molar-refractivity contribution in [1.29, 1.82) is 0 Å². The number of aryl methyl sites for hydroxylation is 1. The van der Waals surface area contributed by atoms with E-state index in [1.807, 2.05) is 30.3 Å². The Kier molecular flexibility index (Phi) is 7.56. The number of aromatic nitrogens is 3. The highest BCUT2D eigenvalue weighted by Gasteiger charge is 2.15. The molecule has 0 saturated heterocycles. The number of thioether (sulfide) groups is 2. The minimum atomic E-state index is 0.0155. The van der Waals surface area contributed by atoms with Gasteiger partial charge in [-0.25, -0.2) is 0 Å². The van der Waals surface area contributed by atoms with Crippen molar-refractivity contribution in [1.82, 2.24) is 20.1 Å². The zero-order valence-electron chi connectivity index (χ0n) is 16.1. The van der Waals surface area contributed by atoms with Crippen molar-refractivity contribution in [2.45, 2.75) is 30.4 Å². The zero-order valence-corrected chi connectivity index (χ0v) is 17.7. The molecular weight excluding hydrogens is 388 g/mol. The topological polar surface area (TPSA) is 59.8 Å². The molecule has 28 heavy (non-hydrogen) atoms. The van der Waals surface area contributed by atoms with Gasteiger partial charge in [0.25, 0.3) is 0 Å². The predicted octanol–water partition coefficient (Wildman–Crippen LogP) is 4.27. The lowest BCUT2D eigenvalue weighted by atomic mass is 10.1. The van der Waals surface area contributed by atoms with Crippen LogP contribution < -0.4 is 5.32 Å². The lowest BCUT2D eigenvalue weighted by Gasteiger charge is -2.09. The first kappa shape index (κ1) is 20.5. The molecule has 0 aliphatic heterocycles. The van der Waals surface area contributed by atoms with E-state index in [4.69, 9.17) is 0 Å². The summed E-state index contributed by atoms with van der Waals surface area (Å²) in [6.07, 6.45) is 0. The lowest BCUT2D eigenvalue weighted by Crippen LogP contribution is -2.27. The molecule has 0 aliphatic carbocycles. The number of rotatable bonds is 9. The molecule has 0 bridgehead atoms. The number of nitrogens with one attached hydrogen (secondary N) is 1. The van der Waals surface area contributed by atoms with Gasteiger partial charge in [0.05, 0.1) is 5.75 Å². The van der Waals surface area contributed by atoms with Gasteiger partial charge in [0, 0.05) is 29.3 Å². The summed E-state index contributed by atoms with van der Waals surface area (Å²) in [5, 5.41) is 12.4. The third-order valence-corrected chi connectivity index (χ3v) is 6.17. The average Bonchev–Trinajstić information content (AvgIpc) is 3.13. The summed E-state index contributed by atoms with van der Waals surface area (Å²) in [4.78, 5) is 13.4. The number of amides is 1. The number of benzene rings is 2. The summed E-state index contributed by atoms with van der Waals surface area (Å²) in [7, 11) is 0. The maximum Gasteiger partial charge on any atom is 0.230 e. The maximum absolute atomic E-state index is 12.2. The van der Waals surface area contributed by atoms with Gasteiger partial charge >= 0.3 is 0 Å². The molecule has 1 heterocycles. The molecule has 0 spiro atoms. The molecule has 5 nitrogen and oxygen atoms in total. The Hall–Kier alpha value is -2.25. The van der Waals surface area contributed by atoms with Crippen LogP contribution in [-0.2, 0) is 11.3 Å². The van der Waals surface area contributed by atoms with Crippen LogP contribution in [0.15, 0.2) is 64.6 Å². The maximum atomic E-state index is 12.2. The number of carbonyl (C=O) groups excluding carboxylic acids is 1. The summed E-state index contributed by atoms with van der Waals surface area (Å²) in [5.74, 6) is 2.05. The zero-order chi connectivity index (χ0) is 19.8. The van der Waals surface area contributed by atoms with Gasteiger partial charge in [0.15, 0.2) is 11.0 Å². The summed E-state index contributed by atoms with van der Waals surface area (Å²) in [5.41, 5.74) is 2.24. The summed E-state index contributed by atoms with van der Waals surface area (Å²) >= 11 is 3.16. The van der Waals surface area contributed by atoms with Crippen molar-refractivity contribution in [2.24, 2.45) is 0 Å². The molecule has 0 aliphatic rings. The monoisotopic (exact) mass is 412 g/mol. The van der Waals surface area contributed by atoms with Crippen LogP contribution in [0.1, 0.15) is 12.5 Å². The molecule has 1 N–H and O–H groups in total. The molecule has 0 unspecified atom stereocenters. The summed E-state index contributed by atoms with van der Waals surface area (Å²) in [6, 6.07) is 18.3. The molecule has 7 heteroatoms. The van der Waals surface area contributed by atoms with Gasteiger partial charge in [-0.3, -0.25) is 4.79 Å². The summed E-state index contributed by atoms with van der Waals surface area (Å²) in [6.45, 7) is 5.54. The molecule has 146 valence electrons. The van der Waals surface area contributed by atoms with Crippen LogP contribution in [0, 0.1) is 6.92 Å². The Morgan fingerprint density at radius 2 is 1.79 bits per heavy atom. The van der Waals surface area contributed by atoms with Crippen molar-refractivity contribution in [3.63, 3.8) is 0 Å². The van der Waals surface area contributed by atoms with Gasteiger partial charge in [-0.15, -0.1) is 22.0 Å². The van der Waals surface area contributed by atoms with Gasteiger partial charge in [-0.05, 0) is 31.5 Å². The van der Waals surface area contributed by atoms with E-state index in [0.717, 1.165) is 34.4 Å². The van der Waals surface area contributed by atoms with E-state index in [0.29, 0.717) is 12.3 Å². The Balaban J connectivity index is 1.50. The molecule has 0 radical (unpaired) electrons. The Labute approximate surface area is 174 Å². The minimum absolute atomic E-state index is 0.0155. The summed E-state index contributed by atoms with van der Waals surface area (Å²) < 4.78 is 2.06. The second-order valence-electron chi connectivity index (χ2n) is 6.17. The van der Waals surface area contributed by atoms with Gasteiger partial charge in [-0.1, -0.05) is 54.2 Å². The second kappa shape index (κ2) is 10.3. The van der Waals surface area contributed by atoms with Crippen LogP contribution in [0.2, 0.25) is 0 Å². The quantitative estimate of drug-likeness (QED) is 0.420. The third kappa shape index (κ3) is 5.39. The van der Waals surface area contributed by atoms with E-state index >= 15 is 0 Å². The molecule has 3 rings (SSSR count). The highest BCUT2D eigenvalue weighted by Crippen LogP contribution is 2.26. The fraction of sp³-hybridized carbons (Fsp3) is 0.286. The molecule has 3 aromatic rings. The normalized spacial score (nSPS) is 10.8. The first-order valence-corrected chi connectivity index (χ1v) is 11.2. The Morgan fingerprint density at radius 3 is 2.54 bits per heavy atom. The van der Waals surface area contributed by atoms with Crippen molar-refractivity contribution in [3.8, 4) is 11.4 Å². The molecule has 1 aromatic heterocycles. The number of carbonyl (C=O) groups is 1. The Bertz CT molecular complexity index is 912. The van der Waals surface area contributed by atoms with Crippen LogP contribution in [0.5, 0.6) is 0 Å². The fourth-order valence-corrected chi connectivity index (χ4v) is 4.38. The predicted molar refractivity (Wildman–Crippen MR) is 117 cm³/mol. The molecule has 1 amide bonds. The molecule has 0 atom stereocenters. The number of hydrogen-bond donors (Lipinski definition) is 1. The standard InChI is InChI=1S/C21H24N4OS2/c1-3-25-20(18-12-8-7-9-16(18)2)23-24-21(25)28-15-19(26)22-13-14-27-17-10-5-4-6-11-17/h4-12H,3,13-15H2,1-2H3,(H,22,26). The van der Waals surface area contributed by atoms with Gasteiger partial charge in [0.1, 0.15) is 0 Å². The smallest absolute Gasteiger partial charge is 0.230 e. The first-order chi connectivity index (χ1) is 13.7. The van der Waals surface area contributed by atoms with Gasteiger partial charge in [0.2, 0.25) is 5.91 Å². The van der Waals surface area contributed by atoms with E-state index < -0.39 is 0 Å². The van der Waals surface area contributed by atoms with E-state index in [-0.39, 0.29) is 5.91 Å². The minimum Gasteiger partial charge on any atom is -0.355 e. The highest BCUT2D eigenvalue weighted by molar-refractivity contribution is 7.99. The third-order valence-electron chi connectivity index (χ3n) is 4.19. The van der Waals surface area contributed by atoms with E-state index in [1.54, 1.807) is 11.8 Å². The number of nitrogens with zero attached hydrogens (tertiary/aromatic N) is 3. The first-order valence-electron chi connectivity index (χ1n) is 9.25. The van der Waals surface area contributed by atoms with E-state index in [9.17, 15) is 4.79 Å². The van der Waals surface area contributed by atoms with Gasteiger partial charge in [-0.2, -0.15) is 0 Å². The van der Waals surface area contributed by atoms with Crippen LogP contribution in [0.4, 0.5) is 0 Å². The van der Waals surface area contributed by atoms with Gasteiger partial charge < -0.3 is 9.88 Å². The Morgan fingerprint density at radius 1 is 1.04 bits per heavy atom. The number of hydrogen-bond acceptors (Lipinski definition) is 5. The molecular formula is C21H24N4OS2. The van der Waals surface area contributed by atoms with E-state index in [1.165, 1.54) is 16.7 Å². The van der Waals surface area contributed by atoms with Crippen molar-refractivity contribution in [2.75, 3.05) is 18.1 Å². The highest BCUT2D eigenvalue weighted by atomic mass is 32.2. The lowest BCUT2D eigenvalue weighted by molar-refractivity contribution is -0.118. The fourth-order valence-electron chi connectivity index (χ4n) is 2.76. The SMILES string of the molecule is CCn1c(SCC(=O)NCCSc2ccccc2)nnc1-c1ccccc1C. The molecule has 0 saturated carbocycles.